The molecule has 2 aromatic rings. The van der Waals surface area contributed by atoms with E-state index in [0.29, 0.717) is 15.7 Å². The molecular weight excluding hydrogens is 449 g/mol. The van der Waals surface area contributed by atoms with Crippen LogP contribution >= 0.6 is 15.9 Å². The monoisotopic (exact) mass is 465 g/mol. The second-order valence-corrected chi connectivity index (χ2v) is 6.94. The first-order valence-corrected chi connectivity index (χ1v) is 9.38. The molecule has 0 amide bonds. The van der Waals surface area contributed by atoms with Gasteiger partial charge in [-0.15, -0.1) is 5.10 Å². The van der Waals surface area contributed by atoms with Crippen LogP contribution < -0.4 is 5.32 Å². The molecule has 0 saturated carbocycles. The zero-order chi connectivity index (χ0) is 21.1. The van der Waals surface area contributed by atoms with E-state index in [2.05, 4.69) is 36.3 Å². The largest absolute Gasteiger partial charge is 0.478 e. The lowest BCUT2D eigenvalue weighted by atomic mass is 9.96. The number of aromatic nitrogens is 3. The van der Waals surface area contributed by atoms with Crippen LogP contribution in [0.5, 0.6) is 0 Å². The average molecular weight is 466 g/mol. The minimum absolute atomic E-state index is 0.0204. The van der Waals surface area contributed by atoms with Gasteiger partial charge in [0.05, 0.1) is 12.2 Å². The van der Waals surface area contributed by atoms with Crippen LogP contribution in [0.3, 0.4) is 0 Å². The number of carboxylic acid groups (broad SMARTS) is 1. The fourth-order valence-corrected chi connectivity index (χ4v) is 3.40. The minimum atomic E-state index is -1.15. The molecule has 0 aliphatic carbocycles. The molecular formula is C18H17BrFN5O4. The third-order valence-corrected chi connectivity index (χ3v) is 4.76. The van der Waals surface area contributed by atoms with Gasteiger partial charge in [-0.3, -0.25) is 9.79 Å². The summed E-state index contributed by atoms with van der Waals surface area (Å²) in [5.41, 5.74) is 0.852. The van der Waals surface area contributed by atoms with Crippen molar-refractivity contribution in [3.63, 3.8) is 0 Å². The quantitative estimate of drug-likeness (QED) is 0.627. The summed E-state index contributed by atoms with van der Waals surface area (Å²) in [6.07, 6.45) is 1.35. The van der Waals surface area contributed by atoms with Crippen LogP contribution in [0.4, 0.5) is 4.39 Å². The number of amidine groups is 1. The number of nitrogens with one attached hydrogen (secondary N) is 1. The Kier molecular flexibility index (Phi) is 6.06. The molecule has 1 aromatic heterocycles. The van der Waals surface area contributed by atoms with Crippen LogP contribution in [0, 0.1) is 5.82 Å². The molecule has 2 heterocycles. The van der Waals surface area contributed by atoms with Crippen LogP contribution in [-0.2, 0) is 20.9 Å². The van der Waals surface area contributed by atoms with E-state index in [4.69, 9.17) is 4.74 Å². The predicted molar refractivity (Wildman–Crippen MR) is 104 cm³/mol. The molecule has 2 N–H and O–H groups in total. The normalized spacial score (nSPS) is 16.3. The molecule has 11 heteroatoms. The molecule has 0 fully saturated rings. The number of aliphatic imine (C=N–C) groups is 1. The fourth-order valence-electron chi connectivity index (χ4n) is 2.83. The van der Waals surface area contributed by atoms with Gasteiger partial charge in [-0.2, -0.15) is 0 Å². The van der Waals surface area contributed by atoms with Crippen LogP contribution in [0.25, 0.3) is 0 Å². The molecule has 0 spiro atoms. The number of rotatable bonds is 6. The molecule has 3 rings (SSSR count). The van der Waals surface area contributed by atoms with Gasteiger partial charge in [-0.05, 0) is 31.5 Å². The molecule has 29 heavy (non-hydrogen) atoms. The van der Waals surface area contributed by atoms with Crippen molar-refractivity contribution in [2.45, 2.75) is 26.4 Å². The van der Waals surface area contributed by atoms with Gasteiger partial charge in [-0.1, -0.05) is 22.0 Å². The van der Waals surface area contributed by atoms with Crippen LogP contribution in [0.2, 0.25) is 0 Å². The first kappa shape index (κ1) is 20.6. The number of halogens is 2. The highest BCUT2D eigenvalue weighted by molar-refractivity contribution is 9.10. The Morgan fingerprint density at radius 1 is 1.41 bits per heavy atom. The summed E-state index contributed by atoms with van der Waals surface area (Å²) in [7, 11) is 0. The highest BCUT2D eigenvalue weighted by Gasteiger charge is 2.31. The number of allylic oxidation sites excluding steroid dienone is 1. The molecule has 9 nitrogen and oxygen atoms in total. The zero-order valence-electron chi connectivity index (χ0n) is 15.5. The van der Waals surface area contributed by atoms with Gasteiger partial charge in [0.15, 0.2) is 5.84 Å². The van der Waals surface area contributed by atoms with E-state index >= 15 is 0 Å². The SMILES string of the molecule is CCOC(=O)Cn1cnc(C2=NC(c3ccc(F)cc3Br)C(C(=O)O)=C(C)N2)n1. The maximum Gasteiger partial charge on any atom is 0.335 e. The number of hydrogen-bond acceptors (Lipinski definition) is 7. The van der Waals surface area contributed by atoms with Gasteiger partial charge < -0.3 is 15.2 Å². The Labute approximate surface area is 173 Å². The first-order chi connectivity index (χ1) is 13.8. The summed E-state index contributed by atoms with van der Waals surface area (Å²) in [4.78, 5) is 32.0. The summed E-state index contributed by atoms with van der Waals surface area (Å²) in [6, 6.07) is 3.04. The summed E-state index contributed by atoms with van der Waals surface area (Å²) < 4.78 is 20.0. The summed E-state index contributed by atoms with van der Waals surface area (Å²) in [5.74, 6) is -1.66. The highest BCUT2D eigenvalue weighted by Crippen LogP contribution is 2.35. The van der Waals surface area contributed by atoms with Gasteiger partial charge in [0, 0.05) is 10.2 Å². The zero-order valence-corrected chi connectivity index (χ0v) is 17.1. The van der Waals surface area contributed by atoms with Crippen molar-refractivity contribution in [2.75, 3.05) is 6.61 Å². The number of carboxylic acids is 1. The lowest BCUT2D eigenvalue weighted by Gasteiger charge is -2.24. The fraction of sp³-hybridized carbons (Fsp3) is 0.278. The van der Waals surface area contributed by atoms with Crippen molar-refractivity contribution < 1.29 is 23.8 Å². The molecule has 1 aliphatic heterocycles. The molecule has 152 valence electrons. The third-order valence-electron chi connectivity index (χ3n) is 4.07. The lowest BCUT2D eigenvalue weighted by Crippen LogP contribution is -2.33. The number of esters is 1. The molecule has 0 saturated heterocycles. The number of aliphatic carboxylic acids is 1. The van der Waals surface area contributed by atoms with Gasteiger partial charge >= 0.3 is 11.9 Å². The topological polar surface area (TPSA) is 119 Å². The highest BCUT2D eigenvalue weighted by atomic mass is 79.9. The third kappa shape index (κ3) is 4.50. The van der Waals surface area contributed by atoms with Crippen LogP contribution in [-0.4, -0.2) is 44.3 Å². The minimum Gasteiger partial charge on any atom is -0.478 e. The van der Waals surface area contributed by atoms with Gasteiger partial charge in [-0.25, -0.2) is 18.9 Å². The van der Waals surface area contributed by atoms with E-state index in [1.807, 2.05) is 0 Å². The van der Waals surface area contributed by atoms with Crippen molar-refractivity contribution in [1.29, 1.82) is 0 Å². The van der Waals surface area contributed by atoms with E-state index < -0.39 is 23.8 Å². The van der Waals surface area contributed by atoms with Crippen molar-refractivity contribution >= 4 is 33.7 Å². The number of carbonyl (C=O) groups excluding carboxylic acids is 1. The lowest BCUT2D eigenvalue weighted by molar-refractivity contribution is -0.144. The maximum absolute atomic E-state index is 13.5. The van der Waals surface area contributed by atoms with E-state index in [0.717, 1.165) is 0 Å². The van der Waals surface area contributed by atoms with Crippen molar-refractivity contribution in [3.05, 3.63) is 57.5 Å². The maximum atomic E-state index is 13.5. The molecule has 0 radical (unpaired) electrons. The van der Waals surface area contributed by atoms with E-state index in [9.17, 15) is 19.1 Å². The smallest absolute Gasteiger partial charge is 0.335 e. The Bertz CT molecular complexity index is 1030. The summed E-state index contributed by atoms with van der Waals surface area (Å²) in [6.45, 7) is 3.44. The second kappa shape index (κ2) is 8.52. The molecule has 1 unspecified atom stereocenters. The van der Waals surface area contributed by atoms with E-state index in [1.165, 1.54) is 29.2 Å². The van der Waals surface area contributed by atoms with Crippen LogP contribution in [0.15, 0.2) is 45.3 Å². The van der Waals surface area contributed by atoms with Gasteiger partial charge in [0.25, 0.3) is 0 Å². The first-order valence-electron chi connectivity index (χ1n) is 8.59. The predicted octanol–water partition coefficient (Wildman–Crippen LogP) is 2.19. The second-order valence-electron chi connectivity index (χ2n) is 6.09. The van der Waals surface area contributed by atoms with Gasteiger partial charge in [0.1, 0.15) is 24.7 Å². The number of carbonyl (C=O) groups is 2. The molecule has 1 atom stereocenters. The summed E-state index contributed by atoms with van der Waals surface area (Å²) >= 11 is 3.27. The molecule has 1 aliphatic rings. The standard InChI is InChI=1S/C18H17BrFN5O4/c1-3-29-13(26)7-25-8-21-16(24-25)17-22-9(2)14(18(27)28)15(23-17)11-5-4-10(20)6-12(11)19/h4-6,8,15H,3,7H2,1-2H3,(H,22,23)(H,27,28). The average Bonchev–Trinajstić information content (AvgIpc) is 3.09. The Morgan fingerprint density at radius 2 is 2.17 bits per heavy atom. The molecule has 1 aromatic carbocycles. The Balaban J connectivity index is 1.98. The number of nitrogens with zero attached hydrogens (tertiary/aromatic N) is 4. The number of hydrogen-bond donors (Lipinski definition) is 2. The van der Waals surface area contributed by atoms with Crippen LogP contribution in [0.1, 0.15) is 31.3 Å². The van der Waals surface area contributed by atoms with Crippen molar-refractivity contribution in [1.82, 2.24) is 20.1 Å². The Morgan fingerprint density at radius 3 is 2.83 bits per heavy atom. The van der Waals surface area contributed by atoms with Gasteiger partial charge in [0.2, 0.25) is 5.82 Å². The number of ether oxygens (including phenoxy) is 1. The Hall–Kier alpha value is -3.08. The van der Waals surface area contributed by atoms with Crippen molar-refractivity contribution in [3.8, 4) is 0 Å². The number of benzene rings is 1. The van der Waals surface area contributed by atoms with E-state index in [1.54, 1.807) is 13.8 Å². The summed E-state index contributed by atoms with van der Waals surface area (Å²) in [5, 5.41) is 16.7. The molecule has 0 bridgehead atoms. The van der Waals surface area contributed by atoms with E-state index in [-0.39, 0.29) is 30.4 Å². The van der Waals surface area contributed by atoms with Crippen molar-refractivity contribution in [2.24, 2.45) is 4.99 Å².